The number of fused-ring (bicyclic) bond motifs is 4. The van der Waals surface area contributed by atoms with Crippen LogP contribution < -0.4 is 15.0 Å². The van der Waals surface area contributed by atoms with E-state index in [9.17, 15) is 9.50 Å². The Labute approximate surface area is 266 Å². The molecule has 2 atom stereocenters. The van der Waals surface area contributed by atoms with Crippen molar-refractivity contribution < 1.29 is 18.6 Å². The number of phenols is 1. The summed E-state index contributed by atoms with van der Waals surface area (Å²) in [5.74, 6) is 1.59. The number of benzene rings is 2. The number of piperazine rings is 1. The zero-order chi connectivity index (χ0) is 30.7. The van der Waals surface area contributed by atoms with Gasteiger partial charge in [0.2, 0.25) is 0 Å². The molecule has 232 valence electrons. The molecule has 3 saturated heterocycles. The van der Waals surface area contributed by atoms with Crippen molar-refractivity contribution in [3.63, 3.8) is 0 Å². The van der Waals surface area contributed by atoms with E-state index in [2.05, 4.69) is 31.0 Å². The second-order valence-electron chi connectivity index (χ2n) is 12.9. The molecule has 8 nitrogen and oxygen atoms in total. The summed E-state index contributed by atoms with van der Waals surface area (Å²) in [5, 5.41) is 18.0. The van der Waals surface area contributed by atoms with Crippen LogP contribution in [-0.2, 0) is 0 Å². The van der Waals surface area contributed by atoms with Crippen LogP contribution in [0, 0.1) is 29.4 Å². The Bertz CT molecular complexity index is 1840. The Hall–Kier alpha value is -3.55. The van der Waals surface area contributed by atoms with Crippen molar-refractivity contribution in [1.82, 2.24) is 25.2 Å². The number of hydrogen-bond acceptors (Lipinski definition) is 8. The molecule has 0 radical (unpaired) electrons. The Morgan fingerprint density at radius 2 is 1.89 bits per heavy atom. The molecule has 0 unspecified atom stereocenters. The minimum atomic E-state index is -0.699. The van der Waals surface area contributed by atoms with Crippen LogP contribution >= 0.6 is 0 Å². The molecule has 4 aliphatic rings. The Morgan fingerprint density at radius 1 is 1.11 bits per heavy atom. The fourth-order valence-corrected chi connectivity index (χ4v) is 9.27. The van der Waals surface area contributed by atoms with Crippen LogP contribution in [0.15, 0.2) is 30.5 Å². The number of aromatic nitrogens is 3. The number of rotatable bonds is 7. The number of anilines is 1. The molecule has 0 amide bonds. The summed E-state index contributed by atoms with van der Waals surface area (Å²) in [6, 6.07) is 6.42. The Morgan fingerprint density at radius 3 is 2.62 bits per heavy atom. The molecule has 8 rings (SSSR count). The third kappa shape index (κ3) is 5.38. The van der Waals surface area contributed by atoms with E-state index in [0.717, 1.165) is 73.4 Å². The molecule has 2 bridgehead atoms. The molecule has 5 heterocycles. The zero-order valence-corrected chi connectivity index (χ0v) is 26.6. The third-order valence-electron chi connectivity index (χ3n) is 9.74. The summed E-state index contributed by atoms with van der Waals surface area (Å²) >= 11 is 0.765. The number of terminal acetylenes is 1. The smallest absolute Gasteiger partial charge is 0.0101 e. The van der Waals surface area contributed by atoms with E-state index in [1.54, 1.807) is 6.20 Å². The first-order valence-corrected chi connectivity index (χ1v) is 18.0. The summed E-state index contributed by atoms with van der Waals surface area (Å²) < 4.78 is 37.9. The third-order valence-corrected chi connectivity index (χ3v) is 11.7. The van der Waals surface area contributed by atoms with E-state index in [4.69, 9.17) is 16.1 Å². The van der Waals surface area contributed by atoms with Crippen molar-refractivity contribution in [2.75, 3.05) is 44.2 Å². The predicted molar refractivity (Wildman–Crippen MR) is 171 cm³/mol. The number of hydrogen-bond donors (Lipinski definition) is 2. The van der Waals surface area contributed by atoms with Gasteiger partial charge in [0.15, 0.2) is 0 Å². The Balaban J connectivity index is 1.22. The maximum atomic E-state index is 16.8. The SMILES string of the molecule is C#Cc1c(F)ccc2cc(O)cc(-c3ncc4c(N5C[C@H]6CC[C@@H](C5)N6)nc(OCC5(CN6CC[Se]CC6)CC5)nc4c3F)c12. The van der Waals surface area contributed by atoms with Gasteiger partial charge in [0, 0.05) is 23.0 Å². The number of aromatic hydroxyl groups is 1. The topological polar surface area (TPSA) is 86.6 Å². The van der Waals surface area contributed by atoms with Gasteiger partial charge in [-0.05, 0) is 36.4 Å². The van der Waals surface area contributed by atoms with E-state index in [-0.39, 0.29) is 39.5 Å². The van der Waals surface area contributed by atoms with Crippen LogP contribution in [0.25, 0.3) is 32.9 Å². The molecule has 1 saturated carbocycles. The van der Waals surface area contributed by atoms with Gasteiger partial charge in [0.1, 0.15) is 11.6 Å². The fraction of sp³-hybridized carbons (Fsp3) is 0.441. The molecule has 2 aromatic carbocycles. The molecule has 2 N–H and O–H groups in total. The van der Waals surface area contributed by atoms with Crippen molar-refractivity contribution in [3.05, 3.63) is 47.7 Å². The molecule has 2 aromatic heterocycles. The molecule has 1 aliphatic carbocycles. The Kier molecular flexibility index (Phi) is 7.29. The zero-order valence-electron chi connectivity index (χ0n) is 24.9. The van der Waals surface area contributed by atoms with Gasteiger partial charge in [-0.1, -0.05) is 12.0 Å². The van der Waals surface area contributed by atoms with Gasteiger partial charge in [-0.3, -0.25) is 4.98 Å². The minimum Gasteiger partial charge on any atom is 0.0101 e. The summed E-state index contributed by atoms with van der Waals surface area (Å²) in [6.45, 7) is 5.28. The fourth-order valence-electron chi connectivity index (χ4n) is 7.21. The van der Waals surface area contributed by atoms with Gasteiger partial charge >= 0.3 is 153 Å². The van der Waals surface area contributed by atoms with Crippen LogP contribution in [0.3, 0.4) is 0 Å². The molecule has 45 heavy (non-hydrogen) atoms. The van der Waals surface area contributed by atoms with Crippen LogP contribution in [-0.4, -0.2) is 91.3 Å². The normalized spacial score (nSPS) is 22.6. The standard InChI is InChI=1S/C34H34F2N6O2Se/c1-2-24-27(35)6-3-20-13-23(43)14-25(28(20)24)30-29(36)31-26(15-37-30)32(42-16-21-4-5-22(17-42)38-21)40-33(39-31)44-19-34(7-8-34)18-41-9-11-45-12-10-41/h1,3,6,13-15,21-22,38,43H,4-5,7-12,16-19H2/t21-,22+. The van der Waals surface area contributed by atoms with Crippen molar-refractivity contribution >= 4 is 42.5 Å². The van der Waals surface area contributed by atoms with E-state index in [1.807, 2.05) is 0 Å². The number of phenolic OH excluding ortho intramolecular Hbond substituents is 1. The van der Waals surface area contributed by atoms with E-state index in [1.165, 1.54) is 34.9 Å². The van der Waals surface area contributed by atoms with Crippen molar-refractivity contribution in [1.29, 1.82) is 0 Å². The van der Waals surface area contributed by atoms with Crippen LogP contribution in [0.4, 0.5) is 14.6 Å². The molecular formula is C34H34F2N6O2Se. The van der Waals surface area contributed by atoms with Crippen LogP contribution in [0.2, 0.25) is 10.6 Å². The number of pyridine rings is 1. The number of halogens is 2. The van der Waals surface area contributed by atoms with Gasteiger partial charge in [-0.25, -0.2) is 4.39 Å². The van der Waals surface area contributed by atoms with E-state index < -0.39 is 11.6 Å². The van der Waals surface area contributed by atoms with Gasteiger partial charge < -0.3 is 10.4 Å². The second-order valence-corrected chi connectivity index (χ2v) is 15.5. The maximum absolute atomic E-state index is 16.8. The number of nitrogens with one attached hydrogen (secondary N) is 1. The van der Waals surface area contributed by atoms with E-state index in [0.29, 0.717) is 40.7 Å². The van der Waals surface area contributed by atoms with E-state index >= 15 is 4.39 Å². The summed E-state index contributed by atoms with van der Waals surface area (Å²) in [6.07, 6.45) is 11.6. The first-order valence-electron chi connectivity index (χ1n) is 15.6. The molecule has 4 fully saturated rings. The van der Waals surface area contributed by atoms with Gasteiger partial charge in [0.25, 0.3) is 0 Å². The number of ether oxygens (including phenoxy) is 1. The molecule has 0 spiro atoms. The summed E-state index contributed by atoms with van der Waals surface area (Å²) in [7, 11) is 0. The monoisotopic (exact) mass is 676 g/mol. The van der Waals surface area contributed by atoms with Crippen LogP contribution in [0.1, 0.15) is 31.2 Å². The summed E-state index contributed by atoms with van der Waals surface area (Å²) in [5.41, 5.74) is 0.252. The molecule has 3 aliphatic heterocycles. The van der Waals surface area contributed by atoms with Crippen molar-refractivity contribution in [2.45, 2.75) is 48.4 Å². The first-order chi connectivity index (χ1) is 21.9. The predicted octanol–water partition coefficient (Wildman–Crippen LogP) is 4.77. The molecular weight excluding hydrogens is 641 g/mol. The minimum absolute atomic E-state index is 0.0167. The van der Waals surface area contributed by atoms with Crippen molar-refractivity contribution in [3.8, 4) is 35.4 Å². The van der Waals surface area contributed by atoms with Gasteiger partial charge in [-0.2, -0.15) is 0 Å². The average molecular weight is 676 g/mol. The quantitative estimate of drug-likeness (QED) is 0.214. The van der Waals surface area contributed by atoms with Crippen LogP contribution in [0.5, 0.6) is 11.8 Å². The second kappa shape index (κ2) is 11.4. The average Bonchev–Trinajstić information content (AvgIpc) is 3.73. The first kappa shape index (κ1) is 28.9. The number of nitrogens with zero attached hydrogens (tertiary/aromatic N) is 5. The summed E-state index contributed by atoms with van der Waals surface area (Å²) in [4.78, 5) is 18.8. The van der Waals surface area contributed by atoms with Gasteiger partial charge in [-0.15, -0.1) is 6.42 Å². The molecule has 4 aromatic rings. The molecule has 11 heteroatoms. The van der Waals surface area contributed by atoms with Crippen molar-refractivity contribution in [2.24, 2.45) is 5.41 Å². The van der Waals surface area contributed by atoms with Gasteiger partial charge in [0.05, 0.1) is 5.56 Å².